The molecular formula is C21H18FN3O3S. The van der Waals surface area contributed by atoms with E-state index in [2.05, 4.69) is 14.7 Å². The number of anilines is 1. The van der Waals surface area contributed by atoms with E-state index in [9.17, 15) is 12.8 Å². The van der Waals surface area contributed by atoms with Crippen LogP contribution in [0.3, 0.4) is 0 Å². The van der Waals surface area contributed by atoms with Crippen molar-refractivity contribution in [3.63, 3.8) is 0 Å². The fraction of sp³-hybridized carbons (Fsp3) is 0.190. The maximum absolute atomic E-state index is 13.4. The van der Waals surface area contributed by atoms with Crippen LogP contribution in [0.1, 0.15) is 24.3 Å². The van der Waals surface area contributed by atoms with Crippen molar-refractivity contribution in [3.05, 3.63) is 60.2 Å². The van der Waals surface area contributed by atoms with E-state index in [1.807, 2.05) is 6.07 Å². The average Bonchev–Trinajstić information content (AvgIpc) is 3.23. The van der Waals surface area contributed by atoms with Crippen LogP contribution in [0.5, 0.6) is 0 Å². The van der Waals surface area contributed by atoms with Crippen molar-refractivity contribution < 1.29 is 17.2 Å². The lowest BCUT2D eigenvalue weighted by molar-refractivity contribution is 0.606. The molecule has 0 aliphatic heterocycles. The van der Waals surface area contributed by atoms with E-state index in [1.54, 1.807) is 30.6 Å². The molecule has 0 atom stereocenters. The number of furan rings is 1. The van der Waals surface area contributed by atoms with Crippen LogP contribution in [0.4, 0.5) is 10.1 Å². The summed E-state index contributed by atoms with van der Waals surface area (Å²) in [6.45, 7) is 0. The number of H-pyrrole nitrogens is 1. The first-order valence-corrected chi connectivity index (χ1v) is 11.1. The van der Waals surface area contributed by atoms with Gasteiger partial charge in [0.05, 0.1) is 17.5 Å². The first kappa shape index (κ1) is 17.9. The molecular weight excluding hydrogens is 393 g/mol. The lowest BCUT2D eigenvalue weighted by Gasteiger charge is -2.10. The highest BCUT2D eigenvalue weighted by Gasteiger charge is 2.29. The van der Waals surface area contributed by atoms with Crippen molar-refractivity contribution in [3.8, 4) is 22.7 Å². The van der Waals surface area contributed by atoms with Gasteiger partial charge in [0, 0.05) is 29.4 Å². The van der Waals surface area contributed by atoms with E-state index in [-0.39, 0.29) is 5.82 Å². The minimum Gasteiger partial charge on any atom is -0.455 e. The number of nitrogens with zero attached hydrogens (tertiary/aromatic N) is 1. The first-order chi connectivity index (χ1) is 13.9. The molecule has 2 aromatic heterocycles. The van der Waals surface area contributed by atoms with E-state index >= 15 is 0 Å². The van der Waals surface area contributed by atoms with Crippen LogP contribution in [-0.2, 0) is 10.0 Å². The predicted octanol–water partition coefficient (Wildman–Crippen LogP) is 4.88. The number of aromatic nitrogens is 2. The van der Waals surface area contributed by atoms with Crippen molar-refractivity contribution in [1.29, 1.82) is 0 Å². The summed E-state index contributed by atoms with van der Waals surface area (Å²) in [5, 5.41) is 0.834. The Balaban J connectivity index is 1.79. The first-order valence-electron chi connectivity index (χ1n) is 9.23. The minimum absolute atomic E-state index is 0.317. The van der Waals surface area contributed by atoms with Crippen LogP contribution in [0.25, 0.3) is 33.7 Å². The van der Waals surface area contributed by atoms with Crippen molar-refractivity contribution >= 4 is 26.7 Å². The number of hydrogen-bond donors (Lipinski definition) is 2. The monoisotopic (exact) mass is 411 g/mol. The zero-order valence-electron chi connectivity index (χ0n) is 15.6. The smallest absolute Gasteiger partial charge is 0.229 e. The van der Waals surface area contributed by atoms with Crippen molar-refractivity contribution in [1.82, 2.24) is 9.97 Å². The van der Waals surface area contributed by atoms with Crippen molar-refractivity contribution in [2.24, 2.45) is 0 Å². The molecule has 29 heavy (non-hydrogen) atoms. The molecule has 4 aromatic rings. The number of sulfonamides is 1. The standard InChI is InChI=1S/C21H18FN3O3S/c1-29(26,27)25-17-11-18-16(10-15(17)12-2-3-12)19(21-23-8-9-24-21)20(28-18)13-4-6-14(22)7-5-13/h4-12,25H,2-3H2,1H3,(H,23,24). The highest BCUT2D eigenvalue weighted by molar-refractivity contribution is 7.92. The SMILES string of the molecule is CS(=O)(=O)Nc1cc2oc(-c3ccc(F)cc3)c(-c3ncc[nH]3)c2cc1C1CC1. The molecule has 148 valence electrons. The van der Waals surface area contributed by atoms with Crippen molar-refractivity contribution in [2.45, 2.75) is 18.8 Å². The summed E-state index contributed by atoms with van der Waals surface area (Å²) in [5.74, 6) is 1.17. The Morgan fingerprint density at radius 1 is 1.21 bits per heavy atom. The summed E-state index contributed by atoms with van der Waals surface area (Å²) in [6.07, 6.45) is 6.55. The second kappa shape index (κ2) is 6.45. The lowest BCUT2D eigenvalue weighted by atomic mass is 10.0. The van der Waals surface area contributed by atoms with E-state index in [0.29, 0.717) is 34.3 Å². The van der Waals surface area contributed by atoms with Gasteiger partial charge in [-0.1, -0.05) is 0 Å². The molecule has 2 N–H and O–H groups in total. The zero-order chi connectivity index (χ0) is 20.2. The quantitative estimate of drug-likeness (QED) is 0.490. The number of nitrogens with one attached hydrogen (secondary N) is 2. The normalized spacial score (nSPS) is 14.4. The zero-order valence-corrected chi connectivity index (χ0v) is 16.4. The van der Waals surface area contributed by atoms with Gasteiger partial charge in [0.1, 0.15) is 23.0 Å². The number of rotatable bonds is 5. The fourth-order valence-electron chi connectivity index (χ4n) is 3.62. The number of hydrogen-bond acceptors (Lipinski definition) is 4. The van der Waals surface area contributed by atoms with E-state index < -0.39 is 10.0 Å². The Morgan fingerprint density at radius 3 is 2.59 bits per heavy atom. The average molecular weight is 411 g/mol. The van der Waals surface area contributed by atoms with Gasteiger partial charge in [0.15, 0.2) is 0 Å². The molecule has 0 unspecified atom stereocenters. The highest BCUT2D eigenvalue weighted by atomic mass is 32.2. The maximum Gasteiger partial charge on any atom is 0.229 e. The molecule has 0 bridgehead atoms. The largest absolute Gasteiger partial charge is 0.455 e. The molecule has 2 heterocycles. The van der Waals surface area contributed by atoms with Gasteiger partial charge in [-0.05, 0) is 54.7 Å². The van der Waals surface area contributed by atoms with Gasteiger partial charge < -0.3 is 9.40 Å². The van der Waals surface area contributed by atoms with Gasteiger partial charge in [-0.3, -0.25) is 4.72 Å². The van der Waals surface area contributed by atoms with Gasteiger partial charge in [0.25, 0.3) is 0 Å². The van der Waals surface area contributed by atoms with Crippen LogP contribution < -0.4 is 4.72 Å². The summed E-state index contributed by atoms with van der Waals surface area (Å²) in [6, 6.07) is 9.76. The molecule has 8 heteroatoms. The summed E-state index contributed by atoms with van der Waals surface area (Å²) >= 11 is 0. The Kier molecular flexibility index (Phi) is 3.99. The molecule has 1 fully saturated rings. The molecule has 0 spiro atoms. The Labute approximate surface area is 166 Å². The van der Waals surface area contributed by atoms with Crippen molar-refractivity contribution in [2.75, 3.05) is 11.0 Å². The van der Waals surface area contributed by atoms with Crippen LogP contribution in [0.15, 0.2) is 53.2 Å². The molecule has 5 rings (SSSR count). The van der Waals surface area contributed by atoms with Crippen LogP contribution in [0.2, 0.25) is 0 Å². The number of halogens is 1. The predicted molar refractivity (Wildman–Crippen MR) is 110 cm³/mol. The van der Waals surface area contributed by atoms with E-state index in [4.69, 9.17) is 4.42 Å². The van der Waals surface area contributed by atoms with Crippen LogP contribution in [-0.4, -0.2) is 24.6 Å². The Bertz CT molecular complexity index is 1310. The van der Waals surface area contributed by atoms with Crippen LogP contribution in [0, 0.1) is 5.82 Å². The third-order valence-corrected chi connectivity index (χ3v) is 5.60. The molecule has 6 nitrogen and oxygen atoms in total. The number of fused-ring (bicyclic) bond motifs is 1. The van der Waals surface area contributed by atoms with Gasteiger partial charge in [-0.2, -0.15) is 0 Å². The number of aromatic amines is 1. The molecule has 0 amide bonds. The Hall–Kier alpha value is -3.13. The summed E-state index contributed by atoms with van der Waals surface area (Å²) in [4.78, 5) is 7.50. The highest BCUT2D eigenvalue weighted by Crippen LogP contribution is 2.48. The fourth-order valence-corrected chi connectivity index (χ4v) is 4.20. The summed E-state index contributed by atoms with van der Waals surface area (Å²) in [5.41, 5.74) is 3.49. The molecule has 2 aromatic carbocycles. The molecule has 0 saturated heterocycles. The third-order valence-electron chi connectivity index (χ3n) is 5.01. The maximum atomic E-state index is 13.4. The molecule has 1 aliphatic carbocycles. The van der Waals surface area contributed by atoms with Gasteiger partial charge in [-0.15, -0.1) is 0 Å². The topological polar surface area (TPSA) is 88.0 Å². The van der Waals surface area contributed by atoms with Gasteiger partial charge >= 0.3 is 0 Å². The second-order valence-electron chi connectivity index (χ2n) is 7.33. The summed E-state index contributed by atoms with van der Waals surface area (Å²) in [7, 11) is -3.43. The minimum atomic E-state index is -3.43. The molecule has 1 saturated carbocycles. The molecule has 1 aliphatic rings. The van der Waals surface area contributed by atoms with E-state index in [1.165, 1.54) is 12.1 Å². The third kappa shape index (κ3) is 3.40. The second-order valence-corrected chi connectivity index (χ2v) is 9.08. The number of benzene rings is 2. The van der Waals surface area contributed by atoms with Crippen LogP contribution >= 0.6 is 0 Å². The number of imidazole rings is 1. The van der Waals surface area contributed by atoms with Gasteiger partial charge in [-0.25, -0.2) is 17.8 Å². The lowest BCUT2D eigenvalue weighted by Crippen LogP contribution is -2.11. The molecule has 0 radical (unpaired) electrons. The Morgan fingerprint density at radius 2 is 1.97 bits per heavy atom. The summed E-state index contributed by atoms with van der Waals surface area (Å²) < 4.78 is 45.9. The van der Waals surface area contributed by atoms with Gasteiger partial charge in [0.2, 0.25) is 10.0 Å². The van der Waals surface area contributed by atoms with E-state index in [0.717, 1.165) is 35.6 Å².